The molecule has 1 aromatic rings. The fraction of sp³-hybridized carbons (Fsp3) is 0.556. The Labute approximate surface area is 154 Å². The molecule has 8 heteroatoms. The van der Waals surface area contributed by atoms with Gasteiger partial charge in [-0.05, 0) is 32.0 Å². The molecule has 2 saturated heterocycles. The van der Waals surface area contributed by atoms with Gasteiger partial charge in [0.1, 0.15) is 6.54 Å². The SMILES string of the molecule is Cc1ccccc1N1CCN(C(=O)CN(C)[C@@H]2CCS(=O)(=O)C2)CC1=O. The van der Waals surface area contributed by atoms with E-state index in [1.54, 1.807) is 21.7 Å². The summed E-state index contributed by atoms with van der Waals surface area (Å²) < 4.78 is 23.2. The van der Waals surface area contributed by atoms with Gasteiger partial charge in [-0.25, -0.2) is 8.42 Å². The van der Waals surface area contributed by atoms with Crippen LogP contribution >= 0.6 is 0 Å². The highest BCUT2D eigenvalue weighted by atomic mass is 32.2. The van der Waals surface area contributed by atoms with E-state index in [-0.39, 0.29) is 42.5 Å². The molecule has 2 heterocycles. The summed E-state index contributed by atoms with van der Waals surface area (Å²) in [4.78, 5) is 30.2. The molecule has 2 amide bonds. The molecule has 0 spiro atoms. The van der Waals surface area contributed by atoms with Crippen molar-refractivity contribution in [3.05, 3.63) is 29.8 Å². The largest absolute Gasteiger partial charge is 0.330 e. The second-order valence-corrected chi connectivity index (χ2v) is 9.35. The van der Waals surface area contributed by atoms with Gasteiger partial charge < -0.3 is 9.80 Å². The van der Waals surface area contributed by atoms with Gasteiger partial charge in [0.05, 0.1) is 18.1 Å². The van der Waals surface area contributed by atoms with E-state index in [9.17, 15) is 18.0 Å². The quantitative estimate of drug-likeness (QED) is 0.751. The Hall–Kier alpha value is -1.93. The standard InChI is InChI=1S/C18H25N3O4S/c1-14-5-3-4-6-16(14)21-9-8-20(12-18(21)23)17(22)11-19(2)15-7-10-26(24,25)13-15/h3-6,15H,7-13H2,1-2H3/t15-/m1/s1. The number of hydrogen-bond acceptors (Lipinski definition) is 5. The van der Waals surface area contributed by atoms with Crippen LogP contribution in [0.15, 0.2) is 24.3 Å². The lowest BCUT2D eigenvalue weighted by molar-refractivity contribution is -0.137. The summed E-state index contributed by atoms with van der Waals surface area (Å²) in [7, 11) is -1.21. The van der Waals surface area contributed by atoms with E-state index < -0.39 is 9.84 Å². The predicted octanol–water partition coefficient (Wildman–Crippen LogP) is 0.289. The van der Waals surface area contributed by atoms with Gasteiger partial charge in [-0.1, -0.05) is 18.2 Å². The molecule has 7 nitrogen and oxygen atoms in total. The molecule has 0 saturated carbocycles. The fourth-order valence-corrected chi connectivity index (χ4v) is 5.38. The zero-order valence-corrected chi connectivity index (χ0v) is 16.0. The summed E-state index contributed by atoms with van der Waals surface area (Å²) in [5.41, 5.74) is 1.92. The number of nitrogens with zero attached hydrogens (tertiary/aromatic N) is 3. The Balaban J connectivity index is 1.58. The van der Waals surface area contributed by atoms with Gasteiger partial charge in [-0.3, -0.25) is 14.5 Å². The van der Waals surface area contributed by atoms with Crippen LogP contribution in [0.2, 0.25) is 0 Å². The number of rotatable bonds is 4. The normalized spacial score (nSPS) is 22.9. The zero-order valence-electron chi connectivity index (χ0n) is 15.2. The number of benzene rings is 1. The third-order valence-corrected chi connectivity index (χ3v) is 6.95. The first-order chi connectivity index (χ1) is 12.3. The van der Waals surface area contributed by atoms with E-state index in [0.717, 1.165) is 11.3 Å². The van der Waals surface area contributed by atoms with E-state index >= 15 is 0 Å². The molecule has 2 fully saturated rings. The maximum Gasteiger partial charge on any atom is 0.246 e. The number of carbonyl (C=O) groups is 2. The Bertz CT molecular complexity index is 808. The van der Waals surface area contributed by atoms with E-state index in [4.69, 9.17) is 0 Å². The molecule has 1 atom stereocenters. The molecule has 142 valence electrons. The van der Waals surface area contributed by atoms with Crippen molar-refractivity contribution in [1.29, 1.82) is 0 Å². The van der Waals surface area contributed by atoms with Crippen LogP contribution in [0.3, 0.4) is 0 Å². The Morgan fingerprint density at radius 2 is 2.00 bits per heavy atom. The summed E-state index contributed by atoms with van der Waals surface area (Å²) in [5, 5.41) is 0. The number of piperazine rings is 1. The monoisotopic (exact) mass is 379 g/mol. The second kappa shape index (κ2) is 7.36. The Morgan fingerprint density at radius 3 is 2.62 bits per heavy atom. The first-order valence-corrected chi connectivity index (χ1v) is 10.6. The zero-order chi connectivity index (χ0) is 18.9. The molecule has 0 N–H and O–H groups in total. The van der Waals surface area contributed by atoms with Gasteiger partial charge in [0.25, 0.3) is 0 Å². The van der Waals surface area contributed by atoms with Crippen LogP contribution in [0.5, 0.6) is 0 Å². The van der Waals surface area contributed by atoms with Crippen LogP contribution in [-0.2, 0) is 19.4 Å². The summed E-state index contributed by atoms with van der Waals surface area (Å²) >= 11 is 0. The lowest BCUT2D eigenvalue weighted by Gasteiger charge is -2.36. The molecular weight excluding hydrogens is 354 g/mol. The molecule has 0 aromatic heterocycles. The highest BCUT2D eigenvalue weighted by Gasteiger charge is 2.33. The minimum Gasteiger partial charge on any atom is -0.330 e. The molecular formula is C18H25N3O4S. The first-order valence-electron chi connectivity index (χ1n) is 8.81. The number of carbonyl (C=O) groups excluding carboxylic acids is 2. The predicted molar refractivity (Wildman–Crippen MR) is 99.8 cm³/mol. The van der Waals surface area contributed by atoms with Crippen LogP contribution in [0.4, 0.5) is 5.69 Å². The van der Waals surface area contributed by atoms with Crippen molar-refractivity contribution in [2.45, 2.75) is 19.4 Å². The highest BCUT2D eigenvalue weighted by Crippen LogP contribution is 2.22. The third kappa shape index (κ3) is 4.07. The van der Waals surface area contributed by atoms with Gasteiger partial charge in [0.15, 0.2) is 9.84 Å². The smallest absolute Gasteiger partial charge is 0.246 e. The summed E-state index contributed by atoms with van der Waals surface area (Å²) in [6.45, 7) is 3.11. The maximum absolute atomic E-state index is 12.5. The van der Waals surface area contributed by atoms with Crippen LogP contribution < -0.4 is 4.90 Å². The van der Waals surface area contributed by atoms with Gasteiger partial charge in [0, 0.05) is 24.8 Å². The minimum absolute atomic E-state index is 0.0595. The molecule has 2 aliphatic rings. The summed E-state index contributed by atoms with van der Waals surface area (Å²) in [6.07, 6.45) is 0.562. The average Bonchev–Trinajstić information content (AvgIpc) is 2.95. The second-order valence-electron chi connectivity index (χ2n) is 7.12. The number of para-hydroxylation sites is 1. The van der Waals surface area contributed by atoms with Crippen molar-refractivity contribution in [1.82, 2.24) is 9.80 Å². The molecule has 0 aliphatic carbocycles. The summed E-state index contributed by atoms with van der Waals surface area (Å²) in [6, 6.07) is 7.59. The van der Waals surface area contributed by atoms with Crippen molar-refractivity contribution in [2.75, 3.05) is 49.6 Å². The topological polar surface area (TPSA) is 78.0 Å². The molecule has 3 rings (SSSR count). The number of anilines is 1. The minimum atomic E-state index is -2.98. The van der Waals surface area contributed by atoms with E-state index in [2.05, 4.69) is 0 Å². The lowest BCUT2D eigenvalue weighted by Crippen LogP contribution is -2.54. The van der Waals surface area contributed by atoms with Gasteiger partial charge >= 0.3 is 0 Å². The van der Waals surface area contributed by atoms with E-state index in [1.807, 2.05) is 31.2 Å². The van der Waals surface area contributed by atoms with Crippen LogP contribution in [0, 0.1) is 6.92 Å². The number of hydrogen-bond donors (Lipinski definition) is 0. The van der Waals surface area contributed by atoms with E-state index in [0.29, 0.717) is 19.5 Å². The number of likely N-dealkylation sites (N-methyl/N-ethyl adjacent to an activating group) is 1. The maximum atomic E-state index is 12.5. The Morgan fingerprint density at radius 1 is 1.27 bits per heavy atom. The lowest BCUT2D eigenvalue weighted by atomic mass is 10.1. The average molecular weight is 379 g/mol. The highest BCUT2D eigenvalue weighted by molar-refractivity contribution is 7.91. The molecule has 26 heavy (non-hydrogen) atoms. The number of sulfone groups is 1. The fourth-order valence-electron chi connectivity index (χ4n) is 3.57. The van der Waals surface area contributed by atoms with Crippen molar-refractivity contribution < 1.29 is 18.0 Å². The molecule has 0 bridgehead atoms. The van der Waals surface area contributed by atoms with Gasteiger partial charge in [-0.15, -0.1) is 0 Å². The summed E-state index contributed by atoms with van der Waals surface area (Å²) in [5.74, 6) is 0.0696. The molecule has 0 radical (unpaired) electrons. The first kappa shape index (κ1) is 18.8. The van der Waals surface area contributed by atoms with Gasteiger partial charge in [-0.2, -0.15) is 0 Å². The number of aryl methyl sites for hydroxylation is 1. The van der Waals surface area contributed by atoms with E-state index in [1.165, 1.54) is 0 Å². The van der Waals surface area contributed by atoms with Crippen molar-refractivity contribution in [3.8, 4) is 0 Å². The Kier molecular flexibility index (Phi) is 5.34. The molecule has 2 aliphatic heterocycles. The molecule has 1 aromatic carbocycles. The number of amides is 2. The van der Waals surface area contributed by atoms with Crippen LogP contribution in [0.1, 0.15) is 12.0 Å². The van der Waals surface area contributed by atoms with Gasteiger partial charge in [0.2, 0.25) is 11.8 Å². The van der Waals surface area contributed by atoms with Crippen molar-refractivity contribution >= 4 is 27.3 Å². The van der Waals surface area contributed by atoms with Crippen molar-refractivity contribution in [2.24, 2.45) is 0 Å². The van der Waals surface area contributed by atoms with Crippen LogP contribution in [0.25, 0.3) is 0 Å². The molecule has 0 unspecified atom stereocenters. The van der Waals surface area contributed by atoms with Crippen LogP contribution in [-0.4, -0.2) is 80.8 Å². The third-order valence-electron chi connectivity index (χ3n) is 5.20. The van der Waals surface area contributed by atoms with Crippen molar-refractivity contribution in [3.63, 3.8) is 0 Å².